The number of benzene rings is 1. The average Bonchev–Trinajstić information content (AvgIpc) is 2.55. The lowest BCUT2D eigenvalue weighted by Gasteiger charge is -2.15. The van der Waals surface area contributed by atoms with Gasteiger partial charge >= 0.3 is 0 Å². The largest absolute Gasteiger partial charge is 0.495 e. The summed E-state index contributed by atoms with van der Waals surface area (Å²) < 4.78 is 5.26. The maximum atomic E-state index is 12.3. The van der Waals surface area contributed by atoms with Crippen LogP contribution in [0.5, 0.6) is 5.75 Å². The Bertz CT molecular complexity index is 718. The summed E-state index contributed by atoms with van der Waals surface area (Å²) in [5.41, 5.74) is 6.13. The maximum absolute atomic E-state index is 12.3. The summed E-state index contributed by atoms with van der Waals surface area (Å²) in [5, 5.41) is 5.59. The normalized spacial score (nSPS) is 11.4. The molecule has 7 nitrogen and oxygen atoms in total. The van der Waals surface area contributed by atoms with Crippen LogP contribution in [0.3, 0.4) is 0 Å². The third-order valence-corrected chi connectivity index (χ3v) is 3.19. The van der Waals surface area contributed by atoms with Gasteiger partial charge in [0.1, 0.15) is 17.6 Å². The molecule has 1 unspecified atom stereocenters. The Labute approximate surface area is 133 Å². The van der Waals surface area contributed by atoms with Crippen molar-refractivity contribution in [3.8, 4) is 5.75 Å². The number of primary amides is 1. The number of amides is 2. The second-order valence-corrected chi connectivity index (χ2v) is 4.82. The van der Waals surface area contributed by atoms with Gasteiger partial charge in [0.15, 0.2) is 0 Å². The Morgan fingerprint density at radius 2 is 1.96 bits per heavy atom. The Morgan fingerprint density at radius 3 is 2.65 bits per heavy atom. The van der Waals surface area contributed by atoms with Crippen LogP contribution >= 0.6 is 0 Å². The fourth-order valence-electron chi connectivity index (χ4n) is 1.91. The molecule has 2 aromatic rings. The fraction of sp³-hybridized carbons (Fsp3) is 0.188. The zero-order chi connectivity index (χ0) is 16.8. The number of anilines is 2. The monoisotopic (exact) mass is 314 g/mol. The van der Waals surface area contributed by atoms with Gasteiger partial charge in [-0.25, -0.2) is 4.98 Å². The molecule has 1 aromatic carbocycles. The minimum absolute atomic E-state index is 0.298. The number of hydrogen-bond donors (Lipinski definition) is 3. The highest BCUT2D eigenvalue weighted by Crippen LogP contribution is 2.27. The van der Waals surface area contributed by atoms with Crippen LogP contribution in [0.1, 0.15) is 17.3 Å². The first kappa shape index (κ1) is 16.3. The van der Waals surface area contributed by atoms with E-state index in [9.17, 15) is 9.59 Å². The maximum Gasteiger partial charge on any atom is 0.255 e. The van der Waals surface area contributed by atoms with E-state index >= 15 is 0 Å². The Morgan fingerprint density at radius 1 is 1.22 bits per heavy atom. The van der Waals surface area contributed by atoms with Gasteiger partial charge in [-0.2, -0.15) is 0 Å². The highest BCUT2D eigenvalue weighted by molar-refractivity contribution is 6.01. The van der Waals surface area contributed by atoms with Crippen molar-refractivity contribution in [2.45, 2.75) is 13.0 Å². The number of nitrogens with two attached hydrogens (primary N) is 1. The standard InChI is InChI=1S/C16H18N4O3/c1-10(14(17)21)19-16(22)11-6-5-9-18-15(11)20-12-7-3-4-8-13(12)23-2/h3-10H,1-2H3,(H2,17,21)(H,18,20)(H,19,22). The van der Waals surface area contributed by atoms with Crippen LogP contribution in [0.15, 0.2) is 42.6 Å². The molecule has 2 rings (SSSR count). The van der Waals surface area contributed by atoms with Gasteiger partial charge in [0.05, 0.1) is 18.4 Å². The van der Waals surface area contributed by atoms with Crippen molar-refractivity contribution in [1.29, 1.82) is 0 Å². The van der Waals surface area contributed by atoms with Crippen LogP contribution in [-0.2, 0) is 4.79 Å². The minimum atomic E-state index is -0.776. The Hall–Kier alpha value is -3.09. The average molecular weight is 314 g/mol. The number of para-hydroxylation sites is 2. The summed E-state index contributed by atoms with van der Waals surface area (Å²) in [6.07, 6.45) is 1.56. The van der Waals surface area contributed by atoms with Gasteiger partial charge < -0.3 is 21.1 Å². The third kappa shape index (κ3) is 3.97. The van der Waals surface area contributed by atoms with E-state index in [2.05, 4.69) is 15.6 Å². The van der Waals surface area contributed by atoms with Crippen molar-refractivity contribution in [2.75, 3.05) is 12.4 Å². The third-order valence-electron chi connectivity index (χ3n) is 3.19. The predicted molar refractivity (Wildman–Crippen MR) is 86.6 cm³/mol. The molecule has 1 heterocycles. The van der Waals surface area contributed by atoms with E-state index in [1.54, 1.807) is 37.6 Å². The molecule has 0 saturated carbocycles. The smallest absolute Gasteiger partial charge is 0.255 e. The summed E-state index contributed by atoms with van der Waals surface area (Å²) in [6, 6.07) is 9.74. The number of methoxy groups -OCH3 is 1. The molecule has 23 heavy (non-hydrogen) atoms. The lowest BCUT2D eigenvalue weighted by molar-refractivity contribution is -0.119. The van der Waals surface area contributed by atoms with Crippen molar-refractivity contribution in [2.24, 2.45) is 5.73 Å². The predicted octanol–water partition coefficient (Wildman–Crippen LogP) is 1.44. The highest BCUT2D eigenvalue weighted by atomic mass is 16.5. The summed E-state index contributed by atoms with van der Waals surface area (Å²) in [6.45, 7) is 1.52. The molecule has 0 aliphatic rings. The zero-order valence-corrected chi connectivity index (χ0v) is 12.9. The number of carbonyl (C=O) groups is 2. The first-order valence-electron chi connectivity index (χ1n) is 6.98. The van der Waals surface area contributed by atoms with E-state index in [1.165, 1.54) is 6.92 Å². The zero-order valence-electron chi connectivity index (χ0n) is 12.9. The summed E-state index contributed by atoms with van der Waals surface area (Å²) in [4.78, 5) is 27.6. The number of nitrogens with zero attached hydrogens (tertiary/aromatic N) is 1. The van der Waals surface area contributed by atoms with Gasteiger partial charge in [-0.05, 0) is 31.2 Å². The first-order chi connectivity index (χ1) is 11.0. The lowest BCUT2D eigenvalue weighted by Crippen LogP contribution is -2.42. The number of nitrogens with one attached hydrogen (secondary N) is 2. The summed E-state index contributed by atoms with van der Waals surface area (Å²) >= 11 is 0. The minimum Gasteiger partial charge on any atom is -0.495 e. The fourth-order valence-corrected chi connectivity index (χ4v) is 1.91. The van der Waals surface area contributed by atoms with Gasteiger partial charge in [-0.3, -0.25) is 9.59 Å². The van der Waals surface area contributed by atoms with Crippen LogP contribution in [0.4, 0.5) is 11.5 Å². The molecular weight excluding hydrogens is 296 g/mol. The molecule has 0 saturated heterocycles. The van der Waals surface area contributed by atoms with E-state index in [-0.39, 0.29) is 0 Å². The van der Waals surface area contributed by atoms with Crippen LogP contribution in [0.2, 0.25) is 0 Å². The van der Waals surface area contributed by atoms with E-state index in [0.29, 0.717) is 22.8 Å². The molecule has 2 amide bonds. The molecule has 0 radical (unpaired) electrons. The number of rotatable bonds is 6. The second-order valence-electron chi connectivity index (χ2n) is 4.82. The number of ether oxygens (including phenoxy) is 1. The van der Waals surface area contributed by atoms with Crippen molar-refractivity contribution in [3.05, 3.63) is 48.2 Å². The van der Waals surface area contributed by atoms with Crippen LogP contribution < -0.4 is 21.1 Å². The van der Waals surface area contributed by atoms with Crippen molar-refractivity contribution >= 4 is 23.3 Å². The summed E-state index contributed by atoms with van der Waals surface area (Å²) in [7, 11) is 1.56. The summed E-state index contributed by atoms with van der Waals surface area (Å²) in [5.74, 6) is -0.0792. The number of pyridine rings is 1. The molecule has 0 aliphatic carbocycles. The lowest BCUT2D eigenvalue weighted by atomic mass is 10.2. The topological polar surface area (TPSA) is 106 Å². The Kier molecular flexibility index (Phi) is 5.14. The molecule has 0 fully saturated rings. The second kappa shape index (κ2) is 7.26. The van der Waals surface area contributed by atoms with Gasteiger partial charge in [0, 0.05) is 6.20 Å². The van der Waals surface area contributed by atoms with E-state index in [4.69, 9.17) is 10.5 Å². The van der Waals surface area contributed by atoms with Gasteiger partial charge in [-0.1, -0.05) is 12.1 Å². The van der Waals surface area contributed by atoms with E-state index < -0.39 is 17.9 Å². The van der Waals surface area contributed by atoms with E-state index in [0.717, 1.165) is 0 Å². The molecule has 120 valence electrons. The van der Waals surface area contributed by atoms with Gasteiger partial charge in [0.25, 0.3) is 5.91 Å². The number of aromatic nitrogens is 1. The van der Waals surface area contributed by atoms with Crippen LogP contribution in [0.25, 0.3) is 0 Å². The Balaban J connectivity index is 2.27. The quantitative estimate of drug-likeness (QED) is 0.748. The van der Waals surface area contributed by atoms with Gasteiger partial charge in [0.2, 0.25) is 5.91 Å². The molecule has 1 atom stereocenters. The first-order valence-corrected chi connectivity index (χ1v) is 6.98. The van der Waals surface area contributed by atoms with Crippen molar-refractivity contribution < 1.29 is 14.3 Å². The number of carbonyl (C=O) groups excluding carboxylic acids is 2. The SMILES string of the molecule is COc1ccccc1Nc1ncccc1C(=O)NC(C)C(N)=O. The molecule has 4 N–H and O–H groups in total. The molecule has 0 bridgehead atoms. The molecule has 1 aromatic heterocycles. The molecular formula is C16H18N4O3. The van der Waals surface area contributed by atoms with Crippen molar-refractivity contribution in [3.63, 3.8) is 0 Å². The van der Waals surface area contributed by atoms with Crippen molar-refractivity contribution in [1.82, 2.24) is 10.3 Å². The van der Waals surface area contributed by atoms with E-state index in [1.807, 2.05) is 12.1 Å². The highest BCUT2D eigenvalue weighted by Gasteiger charge is 2.17. The van der Waals surface area contributed by atoms with Crippen LogP contribution in [0, 0.1) is 0 Å². The molecule has 7 heteroatoms. The van der Waals surface area contributed by atoms with Crippen LogP contribution in [-0.4, -0.2) is 29.9 Å². The molecule has 0 aliphatic heterocycles. The molecule has 0 spiro atoms. The number of hydrogen-bond acceptors (Lipinski definition) is 5. The van der Waals surface area contributed by atoms with Gasteiger partial charge in [-0.15, -0.1) is 0 Å².